The average molecular weight is 300 g/mol. The molecule has 6 heteroatoms. The highest BCUT2D eigenvalue weighted by atomic mass is 16.5. The van der Waals surface area contributed by atoms with Crippen LogP contribution in [-0.4, -0.2) is 37.5 Å². The third-order valence-corrected chi connectivity index (χ3v) is 3.21. The molecule has 0 radical (unpaired) electrons. The lowest BCUT2D eigenvalue weighted by molar-refractivity contribution is -0.142. The Morgan fingerprint density at radius 1 is 1.00 bits per heavy atom. The summed E-state index contributed by atoms with van der Waals surface area (Å²) in [7, 11) is 1.30. The van der Waals surface area contributed by atoms with Gasteiger partial charge in [0.15, 0.2) is 0 Å². The number of rotatable bonds is 11. The van der Waals surface area contributed by atoms with Crippen molar-refractivity contribution >= 4 is 17.8 Å². The van der Waals surface area contributed by atoms with E-state index in [2.05, 4.69) is 15.4 Å². The van der Waals surface area contributed by atoms with Gasteiger partial charge < -0.3 is 15.4 Å². The van der Waals surface area contributed by atoms with Crippen molar-refractivity contribution in [3.8, 4) is 0 Å². The Balaban J connectivity index is 3.45. The van der Waals surface area contributed by atoms with Gasteiger partial charge in [-0.25, -0.2) is 0 Å². The van der Waals surface area contributed by atoms with Crippen molar-refractivity contribution < 1.29 is 19.1 Å². The quantitative estimate of drug-likeness (QED) is 0.448. The predicted molar refractivity (Wildman–Crippen MR) is 80.6 cm³/mol. The number of esters is 1. The SMILES string of the molecule is CCC(C)NC(=O)CCCCCNC(=O)CCC(=O)OC. The lowest BCUT2D eigenvalue weighted by atomic mass is 10.1. The van der Waals surface area contributed by atoms with Gasteiger partial charge >= 0.3 is 5.97 Å². The molecule has 0 rings (SSSR count). The van der Waals surface area contributed by atoms with Gasteiger partial charge in [0.1, 0.15) is 0 Å². The third-order valence-electron chi connectivity index (χ3n) is 3.21. The molecule has 0 saturated carbocycles. The van der Waals surface area contributed by atoms with E-state index in [9.17, 15) is 14.4 Å². The van der Waals surface area contributed by atoms with E-state index >= 15 is 0 Å². The van der Waals surface area contributed by atoms with Crippen LogP contribution in [0.25, 0.3) is 0 Å². The van der Waals surface area contributed by atoms with Crippen molar-refractivity contribution in [2.45, 2.75) is 64.8 Å². The Kier molecular flexibility index (Phi) is 11.3. The van der Waals surface area contributed by atoms with Gasteiger partial charge in [-0.2, -0.15) is 0 Å². The summed E-state index contributed by atoms with van der Waals surface area (Å²) < 4.78 is 4.46. The van der Waals surface area contributed by atoms with E-state index in [0.29, 0.717) is 13.0 Å². The second-order valence-electron chi connectivity index (χ2n) is 5.11. The second-order valence-corrected chi connectivity index (χ2v) is 5.11. The number of nitrogens with one attached hydrogen (secondary N) is 2. The number of methoxy groups -OCH3 is 1. The topological polar surface area (TPSA) is 84.5 Å². The number of unbranched alkanes of at least 4 members (excludes halogenated alkanes) is 2. The largest absolute Gasteiger partial charge is 0.469 e. The Bertz CT molecular complexity index is 332. The minimum absolute atomic E-state index is 0.0893. The summed E-state index contributed by atoms with van der Waals surface area (Å²) in [5, 5.41) is 5.66. The molecule has 1 unspecified atom stereocenters. The van der Waals surface area contributed by atoms with Crippen molar-refractivity contribution in [3.63, 3.8) is 0 Å². The van der Waals surface area contributed by atoms with Crippen LogP contribution < -0.4 is 10.6 Å². The third kappa shape index (κ3) is 11.9. The fourth-order valence-corrected chi connectivity index (χ4v) is 1.67. The highest BCUT2D eigenvalue weighted by molar-refractivity contribution is 5.81. The molecule has 122 valence electrons. The summed E-state index contributed by atoms with van der Waals surface area (Å²) in [6, 6.07) is 0.228. The molecule has 0 heterocycles. The van der Waals surface area contributed by atoms with E-state index in [1.54, 1.807) is 0 Å². The monoisotopic (exact) mass is 300 g/mol. The van der Waals surface area contributed by atoms with Crippen LogP contribution in [0.3, 0.4) is 0 Å². The summed E-state index contributed by atoms with van der Waals surface area (Å²) in [6.07, 6.45) is 4.28. The van der Waals surface area contributed by atoms with Gasteiger partial charge in [-0.05, 0) is 26.2 Å². The Hall–Kier alpha value is -1.59. The first-order valence-electron chi connectivity index (χ1n) is 7.62. The van der Waals surface area contributed by atoms with Gasteiger partial charge in [0, 0.05) is 25.4 Å². The van der Waals surface area contributed by atoms with Gasteiger partial charge in [-0.1, -0.05) is 13.3 Å². The summed E-state index contributed by atoms with van der Waals surface area (Å²) in [5.74, 6) is -0.432. The molecule has 0 aliphatic rings. The smallest absolute Gasteiger partial charge is 0.306 e. The molecule has 0 spiro atoms. The van der Waals surface area contributed by atoms with Gasteiger partial charge in [0.25, 0.3) is 0 Å². The number of hydrogen-bond donors (Lipinski definition) is 2. The van der Waals surface area contributed by atoms with Gasteiger partial charge in [-0.15, -0.1) is 0 Å². The van der Waals surface area contributed by atoms with E-state index < -0.39 is 0 Å². The summed E-state index contributed by atoms with van der Waals surface area (Å²) in [4.78, 5) is 33.7. The summed E-state index contributed by atoms with van der Waals surface area (Å²) in [6.45, 7) is 4.60. The van der Waals surface area contributed by atoms with E-state index in [1.165, 1.54) is 7.11 Å². The zero-order chi connectivity index (χ0) is 16.1. The van der Waals surface area contributed by atoms with Gasteiger partial charge in [0.05, 0.1) is 13.5 Å². The minimum Gasteiger partial charge on any atom is -0.469 e. The minimum atomic E-state index is -0.377. The van der Waals surface area contributed by atoms with Crippen LogP contribution in [0.2, 0.25) is 0 Å². The molecule has 0 aliphatic carbocycles. The van der Waals surface area contributed by atoms with Gasteiger partial charge in [0.2, 0.25) is 11.8 Å². The molecule has 0 aromatic rings. The Morgan fingerprint density at radius 3 is 2.33 bits per heavy atom. The molecule has 0 aromatic carbocycles. The molecular formula is C15H28N2O4. The maximum Gasteiger partial charge on any atom is 0.306 e. The Morgan fingerprint density at radius 2 is 1.71 bits per heavy atom. The predicted octanol–water partition coefficient (Wildman–Crippen LogP) is 1.53. The normalized spacial score (nSPS) is 11.6. The zero-order valence-corrected chi connectivity index (χ0v) is 13.4. The van der Waals surface area contributed by atoms with Crippen molar-refractivity contribution in [1.29, 1.82) is 0 Å². The van der Waals surface area contributed by atoms with Crippen LogP contribution in [0.4, 0.5) is 0 Å². The number of ether oxygens (including phenoxy) is 1. The molecule has 0 aromatic heterocycles. The molecule has 0 bridgehead atoms. The van der Waals surface area contributed by atoms with E-state index in [0.717, 1.165) is 25.7 Å². The second kappa shape index (κ2) is 12.2. The maximum absolute atomic E-state index is 11.5. The lowest BCUT2D eigenvalue weighted by Gasteiger charge is -2.11. The number of carbonyl (C=O) groups excluding carboxylic acids is 3. The van der Waals surface area contributed by atoms with E-state index in [4.69, 9.17) is 0 Å². The standard InChI is InChI=1S/C15H28N2O4/c1-4-12(2)17-14(19)8-6-5-7-11-16-13(18)9-10-15(20)21-3/h12H,4-11H2,1-3H3,(H,16,18)(H,17,19). The highest BCUT2D eigenvalue weighted by Crippen LogP contribution is 2.00. The molecule has 0 fully saturated rings. The van der Waals surface area contributed by atoms with Crippen molar-refractivity contribution in [2.24, 2.45) is 0 Å². The average Bonchev–Trinajstić information content (AvgIpc) is 2.47. The molecule has 2 amide bonds. The molecule has 0 aliphatic heterocycles. The van der Waals surface area contributed by atoms with Crippen LogP contribution in [0.15, 0.2) is 0 Å². The molecule has 1 atom stereocenters. The van der Waals surface area contributed by atoms with E-state index in [1.807, 2.05) is 13.8 Å². The first kappa shape index (κ1) is 19.4. The summed E-state index contributed by atoms with van der Waals surface area (Å²) >= 11 is 0. The van der Waals surface area contributed by atoms with Crippen LogP contribution in [-0.2, 0) is 19.1 Å². The fraction of sp³-hybridized carbons (Fsp3) is 0.800. The van der Waals surface area contributed by atoms with Gasteiger partial charge in [-0.3, -0.25) is 14.4 Å². The van der Waals surface area contributed by atoms with Crippen molar-refractivity contribution in [1.82, 2.24) is 10.6 Å². The number of amides is 2. The fourth-order valence-electron chi connectivity index (χ4n) is 1.67. The zero-order valence-electron chi connectivity index (χ0n) is 13.4. The molecule has 6 nitrogen and oxygen atoms in total. The van der Waals surface area contributed by atoms with Crippen molar-refractivity contribution in [3.05, 3.63) is 0 Å². The van der Waals surface area contributed by atoms with Crippen LogP contribution in [0.1, 0.15) is 58.8 Å². The van der Waals surface area contributed by atoms with Crippen LogP contribution >= 0.6 is 0 Å². The summed E-state index contributed by atoms with van der Waals surface area (Å²) in [5.41, 5.74) is 0. The molecular weight excluding hydrogens is 272 g/mol. The molecule has 2 N–H and O–H groups in total. The first-order valence-corrected chi connectivity index (χ1v) is 7.62. The highest BCUT2D eigenvalue weighted by Gasteiger charge is 2.07. The lowest BCUT2D eigenvalue weighted by Crippen LogP contribution is -2.31. The van der Waals surface area contributed by atoms with E-state index in [-0.39, 0.29) is 36.7 Å². The maximum atomic E-state index is 11.5. The molecule has 0 saturated heterocycles. The number of carbonyl (C=O) groups is 3. The first-order chi connectivity index (χ1) is 9.99. The van der Waals surface area contributed by atoms with Crippen LogP contribution in [0, 0.1) is 0 Å². The Labute approximate surface area is 127 Å². The van der Waals surface area contributed by atoms with Crippen LogP contribution in [0.5, 0.6) is 0 Å². The molecule has 21 heavy (non-hydrogen) atoms. The number of hydrogen-bond acceptors (Lipinski definition) is 4. The van der Waals surface area contributed by atoms with Crippen molar-refractivity contribution in [2.75, 3.05) is 13.7 Å².